The molecule has 136 valence electrons. The van der Waals surface area contributed by atoms with Gasteiger partial charge in [0.15, 0.2) is 0 Å². The maximum atomic E-state index is 4.81. The molecule has 25 heavy (non-hydrogen) atoms. The summed E-state index contributed by atoms with van der Waals surface area (Å²) in [7, 11) is 0. The highest BCUT2D eigenvalue weighted by Crippen LogP contribution is 2.20. The van der Waals surface area contributed by atoms with E-state index in [1.165, 1.54) is 31.2 Å². The van der Waals surface area contributed by atoms with Gasteiger partial charge in [0.2, 0.25) is 5.95 Å². The van der Waals surface area contributed by atoms with Crippen molar-refractivity contribution in [2.24, 2.45) is 0 Å². The molecular formula is C21H32N4. The van der Waals surface area contributed by atoms with Gasteiger partial charge >= 0.3 is 0 Å². The van der Waals surface area contributed by atoms with Crippen LogP contribution >= 0.6 is 0 Å². The molecule has 0 aliphatic heterocycles. The number of hydrogen-bond acceptors (Lipinski definition) is 4. The molecule has 1 atom stereocenters. The van der Waals surface area contributed by atoms with Crippen LogP contribution < -0.4 is 10.2 Å². The monoisotopic (exact) mass is 340 g/mol. The van der Waals surface area contributed by atoms with Gasteiger partial charge in [-0.25, -0.2) is 4.98 Å². The van der Waals surface area contributed by atoms with Crippen molar-refractivity contribution >= 4 is 11.8 Å². The van der Waals surface area contributed by atoms with E-state index in [-0.39, 0.29) is 6.04 Å². The van der Waals surface area contributed by atoms with Crippen LogP contribution in [0.4, 0.5) is 11.8 Å². The first-order valence-corrected chi connectivity index (χ1v) is 9.56. The van der Waals surface area contributed by atoms with Crippen LogP contribution in [0.25, 0.3) is 0 Å². The van der Waals surface area contributed by atoms with Crippen molar-refractivity contribution in [2.75, 3.05) is 23.3 Å². The number of aryl methyl sites for hydroxylation is 1. The molecule has 4 heteroatoms. The van der Waals surface area contributed by atoms with Crippen LogP contribution in [0.5, 0.6) is 0 Å². The zero-order valence-electron chi connectivity index (χ0n) is 16.1. The number of nitrogens with one attached hydrogen (secondary N) is 1. The third-order valence-corrected chi connectivity index (χ3v) is 4.35. The zero-order valence-corrected chi connectivity index (χ0v) is 16.1. The smallest absolute Gasteiger partial charge is 0.227 e. The van der Waals surface area contributed by atoms with Crippen molar-refractivity contribution in [3.8, 4) is 0 Å². The van der Waals surface area contributed by atoms with Gasteiger partial charge in [0, 0.05) is 30.9 Å². The maximum absolute atomic E-state index is 4.81. The van der Waals surface area contributed by atoms with E-state index in [1.54, 1.807) is 0 Å². The van der Waals surface area contributed by atoms with Crippen LogP contribution in [0, 0.1) is 6.92 Å². The lowest BCUT2D eigenvalue weighted by atomic mass is 10.1. The summed E-state index contributed by atoms with van der Waals surface area (Å²) < 4.78 is 0. The summed E-state index contributed by atoms with van der Waals surface area (Å²) in [4.78, 5) is 11.8. The van der Waals surface area contributed by atoms with E-state index in [4.69, 9.17) is 9.97 Å². The highest BCUT2D eigenvalue weighted by atomic mass is 15.3. The Morgan fingerprint density at radius 1 is 1.00 bits per heavy atom. The van der Waals surface area contributed by atoms with Gasteiger partial charge in [0.05, 0.1) is 0 Å². The van der Waals surface area contributed by atoms with Crippen molar-refractivity contribution in [2.45, 2.75) is 59.4 Å². The van der Waals surface area contributed by atoms with Gasteiger partial charge in [0.1, 0.15) is 5.82 Å². The fourth-order valence-corrected chi connectivity index (χ4v) is 2.82. The molecule has 0 amide bonds. The minimum atomic E-state index is 0.211. The second kappa shape index (κ2) is 10.0. The number of benzene rings is 1. The van der Waals surface area contributed by atoms with Crippen molar-refractivity contribution in [1.82, 2.24) is 9.97 Å². The molecule has 0 saturated carbocycles. The standard InChI is InChI=1S/C21H32N4/c1-5-7-14-25(15-8-6-2)21-22-17(3)16-20(24-21)23-18(4)19-12-10-9-11-13-19/h9-13,16,18H,5-8,14-15H2,1-4H3,(H,22,23,24). The molecular weight excluding hydrogens is 308 g/mol. The largest absolute Gasteiger partial charge is 0.363 e. The minimum Gasteiger partial charge on any atom is -0.363 e. The van der Waals surface area contributed by atoms with E-state index < -0.39 is 0 Å². The van der Waals surface area contributed by atoms with Crippen LogP contribution in [0.3, 0.4) is 0 Å². The summed E-state index contributed by atoms with van der Waals surface area (Å²) in [6.07, 6.45) is 4.71. The molecule has 0 saturated heterocycles. The average Bonchev–Trinajstić information content (AvgIpc) is 2.62. The Balaban J connectivity index is 2.16. The Bertz CT molecular complexity index is 619. The molecule has 1 aromatic carbocycles. The predicted octanol–water partition coefficient (Wildman–Crippen LogP) is 5.36. The van der Waals surface area contributed by atoms with E-state index in [1.807, 2.05) is 19.1 Å². The van der Waals surface area contributed by atoms with Crippen LogP contribution in [-0.4, -0.2) is 23.1 Å². The van der Waals surface area contributed by atoms with Gasteiger partial charge < -0.3 is 10.2 Å². The fraction of sp³-hybridized carbons (Fsp3) is 0.524. The molecule has 0 aliphatic rings. The molecule has 1 heterocycles. The number of rotatable bonds is 10. The topological polar surface area (TPSA) is 41.1 Å². The van der Waals surface area contributed by atoms with Gasteiger partial charge in [-0.15, -0.1) is 0 Å². The zero-order chi connectivity index (χ0) is 18.1. The van der Waals surface area contributed by atoms with Crippen LogP contribution in [0.2, 0.25) is 0 Å². The second-order valence-corrected chi connectivity index (χ2v) is 6.67. The van der Waals surface area contributed by atoms with E-state index >= 15 is 0 Å². The molecule has 0 spiro atoms. The molecule has 1 N–H and O–H groups in total. The maximum Gasteiger partial charge on any atom is 0.227 e. The van der Waals surface area contributed by atoms with Gasteiger partial charge in [-0.05, 0) is 32.3 Å². The predicted molar refractivity (Wildman–Crippen MR) is 107 cm³/mol. The summed E-state index contributed by atoms with van der Waals surface area (Å²) in [5.74, 6) is 1.75. The van der Waals surface area contributed by atoms with Crippen molar-refractivity contribution in [3.63, 3.8) is 0 Å². The van der Waals surface area contributed by atoms with Crippen LogP contribution in [0.1, 0.15) is 63.8 Å². The molecule has 0 radical (unpaired) electrons. The third kappa shape index (κ3) is 6.04. The molecule has 4 nitrogen and oxygen atoms in total. The Hall–Kier alpha value is -2.10. The summed E-state index contributed by atoms with van der Waals surface area (Å²) in [5, 5.41) is 3.53. The van der Waals surface area contributed by atoms with E-state index in [0.717, 1.165) is 30.5 Å². The molecule has 1 unspecified atom stereocenters. The Morgan fingerprint density at radius 2 is 1.64 bits per heavy atom. The Kier molecular flexibility index (Phi) is 7.71. The number of nitrogens with zero attached hydrogens (tertiary/aromatic N) is 3. The molecule has 0 aliphatic carbocycles. The quantitative estimate of drug-likeness (QED) is 0.632. The Morgan fingerprint density at radius 3 is 2.24 bits per heavy atom. The number of anilines is 2. The van der Waals surface area contributed by atoms with Crippen molar-refractivity contribution in [1.29, 1.82) is 0 Å². The van der Waals surface area contributed by atoms with E-state index in [2.05, 4.69) is 55.3 Å². The van der Waals surface area contributed by atoms with Crippen molar-refractivity contribution < 1.29 is 0 Å². The van der Waals surface area contributed by atoms with Gasteiger partial charge in [-0.1, -0.05) is 57.0 Å². The number of hydrogen-bond donors (Lipinski definition) is 1. The van der Waals surface area contributed by atoms with E-state index in [0.29, 0.717) is 0 Å². The fourth-order valence-electron chi connectivity index (χ4n) is 2.82. The average molecular weight is 341 g/mol. The van der Waals surface area contributed by atoms with Gasteiger partial charge in [0.25, 0.3) is 0 Å². The number of aromatic nitrogens is 2. The first-order valence-electron chi connectivity index (χ1n) is 9.56. The highest BCUT2D eigenvalue weighted by molar-refractivity contribution is 5.45. The first kappa shape index (κ1) is 19.2. The molecule has 0 bridgehead atoms. The van der Waals surface area contributed by atoms with Gasteiger partial charge in [-0.3, -0.25) is 0 Å². The summed E-state index contributed by atoms with van der Waals surface area (Å²) in [6.45, 7) is 10.7. The van der Waals surface area contributed by atoms with E-state index in [9.17, 15) is 0 Å². The lowest BCUT2D eigenvalue weighted by Crippen LogP contribution is -2.28. The Labute approximate surface area is 152 Å². The number of unbranched alkanes of at least 4 members (excludes halogenated alkanes) is 2. The van der Waals surface area contributed by atoms with Gasteiger partial charge in [-0.2, -0.15) is 4.98 Å². The SMILES string of the molecule is CCCCN(CCCC)c1nc(C)cc(NC(C)c2ccccc2)n1. The van der Waals surface area contributed by atoms with Crippen LogP contribution in [0.15, 0.2) is 36.4 Å². The highest BCUT2D eigenvalue weighted by Gasteiger charge is 2.12. The lowest BCUT2D eigenvalue weighted by Gasteiger charge is -2.24. The second-order valence-electron chi connectivity index (χ2n) is 6.67. The lowest BCUT2D eigenvalue weighted by molar-refractivity contribution is 0.662. The summed E-state index contributed by atoms with van der Waals surface area (Å²) >= 11 is 0. The molecule has 2 aromatic rings. The first-order chi connectivity index (χ1) is 12.1. The molecule has 2 rings (SSSR count). The summed E-state index contributed by atoms with van der Waals surface area (Å²) in [5.41, 5.74) is 2.26. The van der Waals surface area contributed by atoms with Crippen LogP contribution in [-0.2, 0) is 0 Å². The third-order valence-electron chi connectivity index (χ3n) is 4.35. The summed E-state index contributed by atoms with van der Waals surface area (Å²) in [6, 6.07) is 12.7. The molecule has 0 fully saturated rings. The normalized spacial score (nSPS) is 12.0. The minimum absolute atomic E-state index is 0.211. The molecule has 1 aromatic heterocycles. The van der Waals surface area contributed by atoms with Crippen molar-refractivity contribution in [3.05, 3.63) is 47.7 Å².